The van der Waals surface area contributed by atoms with Crippen LogP contribution >= 0.6 is 0 Å². The normalized spacial score (nSPS) is 43.5. The molecule has 2 aliphatic heterocycles. The van der Waals surface area contributed by atoms with E-state index in [4.69, 9.17) is 4.74 Å². The van der Waals surface area contributed by atoms with Crippen LogP contribution in [0.15, 0.2) is 0 Å². The summed E-state index contributed by atoms with van der Waals surface area (Å²) >= 11 is 0. The Morgan fingerprint density at radius 2 is 1.81 bits per heavy atom. The summed E-state index contributed by atoms with van der Waals surface area (Å²) in [6.07, 6.45) is 0.566. The largest absolute Gasteiger partial charge is 0.391 e. The number of nitrogens with zero attached hydrogens (tertiary/aromatic N) is 2. The van der Waals surface area contributed by atoms with Gasteiger partial charge < -0.3 is 9.84 Å². The smallest absolute Gasteiger partial charge is 0.0739 e. The summed E-state index contributed by atoms with van der Waals surface area (Å²) in [6, 6.07) is 1.31. The summed E-state index contributed by atoms with van der Waals surface area (Å²) in [6.45, 7) is 7.95. The highest BCUT2D eigenvalue weighted by Gasteiger charge is 2.35. The fourth-order valence-corrected chi connectivity index (χ4v) is 2.78. The molecule has 2 fully saturated rings. The lowest BCUT2D eigenvalue weighted by atomic mass is 10.0. The summed E-state index contributed by atoms with van der Waals surface area (Å²) < 4.78 is 5.49. The molecule has 4 nitrogen and oxygen atoms in total. The standard InChI is InChI=1S/C12H24N2O2/c1-9-6-14(7-10(2)13(9)3)11-8-16-5-4-12(11)15/h9-12,15H,4-8H2,1-3H3. The van der Waals surface area contributed by atoms with Crippen molar-refractivity contribution in [3.63, 3.8) is 0 Å². The van der Waals surface area contributed by atoms with Crippen LogP contribution in [0.5, 0.6) is 0 Å². The Labute approximate surface area is 98.2 Å². The van der Waals surface area contributed by atoms with E-state index in [-0.39, 0.29) is 12.1 Å². The molecular formula is C12H24N2O2. The maximum atomic E-state index is 10.0. The highest BCUT2D eigenvalue weighted by molar-refractivity contribution is 4.90. The van der Waals surface area contributed by atoms with Gasteiger partial charge in [-0.2, -0.15) is 0 Å². The molecule has 0 aromatic carbocycles. The van der Waals surface area contributed by atoms with Crippen LogP contribution in [0.1, 0.15) is 20.3 Å². The van der Waals surface area contributed by atoms with Crippen LogP contribution in [0.3, 0.4) is 0 Å². The quantitative estimate of drug-likeness (QED) is 0.693. The van der Waals surface area contributed by atoms with Crippen molar-refractivity contribution in [2.24, 2.45) is 0 Å². The van der Waals surface area contributed by atoms with E-state index in [1.807, 2.05) is 0 Å². The summed E-state index contributed by atoms with van der Waals surface area (Å²) in [5.74, 6) is 0. The molecule has 0 aromatic rings. The number of rotatable bonds is 1. The number of hydrogen-bond acceptors (Lipinski definition) is 4. The summed E-state index contributed by atoms with van der Waals surface area (Å²) in [5, 5.41) is 10.0. The van der Waals surface area contributed by atoms with Crippen LogP contribution in [0.25, 0.3) is 0 Å². The third-order valence-electron chi connectivity index (χ3n) is 4.15. The summed E-state index contributed by atoms with van der Waals surface area (Å²) in [4.78, 5) is 4.81. The second-order valence-electron chi connectivity index (χ2n) is 5.32. The predicted octanol–water partition coefficient (Wildman–Crippen LogP) is 0.161. The lowest BCUT2D eigenvalue weighted by molar-refractivity contribution is -0.0843. The van der Waals surface area contributed by atoms with E-state index < -0.39 is 0 Å². The first-order chi connectivity index (χ1) is 7.59. The first kappa shape index (κ1) is 12.3. The van der Waals surface area contributed by atoms with Gasteiger partial charge in [0.15, 0.2) is 0 Å². The minimum Gasteiger partial charge on any atom is -0.391 e. The van der Waals surface area contributed by atoms with Crippen molar-refractivity contribution >= 4 is 0 Å². The average molecular weight is 228 g/mol. The van der Waals surface area contributed by atoms with Crippen LogP contribution in [0.2, 0.25) is 0 Å². The van der Waals surface area contributed by atoms with Crippen molar-refractivity contribution in [2.75, 3.05) is 33.4 Å². The van der Waals surface area contributed by atoms with E-state index in [1.54, 1.807) is 0 Å². The maximum Gasteiger partial charge on any atom is 0.0739 e. The number of aliphatic hydroxyl groups is 1. The predicted molar refractivity (Wildman–Crippen MR) is 63.5 cm³/mol. The molecule has 94 valence electrons. The van der Waals surface area contributed by atoms with Gasteiger partial charge in [0, 0.05) is 31.8 Å². The Bertz CT molecular complexity index is 225. The van der Waals surface area contributed by atoms with Gasteiger partial charge >= 0.3 is 0 Å². The molecule has 0 amide bonds. The van der Waals surface area contributed by atoms with Gasteiger partial charge in [-0.3, -0.25) is 9.80 Å². The van der Waals surface area contributed by atoms with Gasteiger partial charge in [0.05, 0.1) is 18.8 Å². The lowest BCUT2D eigenvalue weighted by Gasteiger charge is -2.47. The first-order valence-corrected chi connectivity index (χ1v) is 6.31. The van der Waals surface area contributed by atoms with E-state index >= 15 is 0 Å². The van der Waals surface area contributed by atoms with Crippen LogP contribution in [0.4, 0.5) is 0 Å². The van der Waals surface area contributed by atoms with Gasteiger partial charge in [0.25, 0.3) is 0 Å². The molecule has 0 saturated carbocycles. The van der Waals surface area contributed by atoms with Gasteiger partial charge in [-0.05, 0) is 27.3 Å². The molecular weight excluding hydrogens is 204 g/mol. The zero-order chi connectivity index (χ0) is 11.7. The molecule has 1 N–H and O–H groups in total. The summed E-state index contributed by atoms with van der Waals surface area (Å²) in [7, 11) is 2.18. The highest BCUT2D eigenvalue weighted by Crippen LogP contribution is 2.20. The van der Waals surface area contributed by atoms with E-state index in [0.29, 0.717) is 25.3 Å². The molecule has 0 bridgehead atoms. The summed E-state index contributed by atoms with van der Waals surface area (Å²) in [5.41, 5.74) is 0. The highest BCUT2D eigenvalue weighted by atomic mass is 16.5. The zero-order valence-corrected chi connectivity index (χ0v) is 10.6. The Morgan fingerprint density at radius 3 is 2.38 bits per heavy atom. The SMILES string of the molecule is CC1CN(C2COCCC2O)CC(C)N1C. The number of likely N-dealkylation sites (N-methyl/N-ethyl adjacent to an activating group) is 1. The molecule has 2 heterocycles. The fraction of sp³-hybridized carbons (Fsp3) is 1.00. The Kier molecular flexibility index (Phi) is 3.85. The van der Waals surface area contributed by atoms with E-state index in [9.17, 15) is 5.11 Å². The molecule has 2 rings (SSSR count). The van der Waals surface area contributed by atoms with E-state index in [1.165, 1.54) is 0 Å². The topological polar surface area (TPSA) is 35.9 Å². The molecule has 16 heavy (non-hydrogen) atoms. The number of aliphatic hydroxyl groups excluding tert-OH is 1. The Hall–Kier alpha value is -0.160. The molecule has 0 aromatic heterocycles. The van der Waals surface area contributed by atoms with Gasteiger partial charge in [0.2, 0.25) is 0 Å². The number of ether oxygens (including phenoxy) is 1. The maximum absolute atomic E-state index is 10.0. The molecule has 0 spiro atoms. The molecule has 2 aliphatic rings. The second kappa shape index (κ2) is 5.00. The third kappa shape index (κ3) is 2.40. The van der Waals surface area contributed by atoms with Gasteiger partial charge in [-0.1, -0.05) is 0 Å². The van der Waals surface area contributed by atoms with Gasteiger partial charge in [-0.15, -0.1) is 0 Å². The van der Waals surface area contributed by atoms with Gasteiger partial charge in [0.1, 0.15) is 0 Å². The lowest BCUT2D eigenvalue weighted by Crippen LogP contribution is -2.61. The number of piperazine rings is 1. The van der Waals surface area contributed by atoms with Crippen molar-refractivity contribution < 1.29 is 9.84 Å². The zero-order valence-electron chi connectivity index (χ0n) is 10.6. The van der Waals surface area contributed by atoms with Crippen LogP contribution in [0, 0.1) is 0 Å². The molecule has 4 heteroatoms. The monoisotopic (exact) mass is 228 g/mol. The minimum absolute atomic E-state index is 0.201. The molecule has 4 atom stereocenters. The van der Waals surface area contributed by atoms with Crippen LogP contribution in [-0.2, 0) is 4.74 Å². The van der Waals surface area contributed by atoms with Crippen LogP contribution in [-0.4, -0.2) is 72.5 Å². The van der Waals surface area contributed by atoms with Crippen molar-refractivity contribution in [3.8, 4) is 0 Å². The Morgan fingerprint density at radius 1 is 1.19 bits per heavy atom. The van der Waals surface area contributed by atoms with Crippen molar-refractivity contribution in [2.45, 2.75) is 44.5 Å². The minimum atomic E-state index is -0.212. The van der Waals surface area contributed by atoms with Crippen molar-refractivity contribution in [3.05, 3.63) is 0 Å². The van der Waals surface area contributed by atoms with Crippen molar-refractivity contribution in [1.82, 2.24) is 9.80 Å². The van der Waals surface area contributed by atoms with Crippen molar-refractivity contribution in [1.29, 1.82) is 0 Å². The fourth-order valence-electron chi connectivity index (χ4n) is 2.78. The molecule has 2 saturated heterocycles. The number of hydrogen-bond donors (Lipinski definition) is 1. The average Bonchev–Trinajstić information content (AvgIpc) is 2.26. The third-order valence-corrected chi connectivity index (χ3v) is 4.15. The van der Waals surface area contributed by atoms with E-state index in [0.717, 1.165) is 19.5 Å². The first-order valence-electron chi connectivity index (χ1n) is 6.31. The van der Waals surface area contributed by atoms with E-state index in [2.05, 4.69) is 30.7 Å². The molecule has 4 unspecified atom stereocenters. The van der Waals surface area contributed by atoms with Crippen LogP contribution < -0.4 is 0 Å². The second-order valence-corrected chi connectivity index (χ2v) is 5.32. The molecule has 0 aliphatic carbocycles. The van der Waals surface area contributed by atoms with Gasteiger partial charge in [-0.25, -0.2) is 0 Å². The molecule has 0 radical (unpaired) electrons. The Balaban J connectivity index is 1.98.